The van der Waals surface area contributed by atoms with Gasteiger partial charge in [-0.15, -0.1) is 0 Å². The van der Waals surface area contributed by atoms with Gasteiger partial charge in [0.25, 0.3) is 0 Å². The number of aliphatic hydroxyl groups excluding tert-OH is 1. The Morgan fingerprint density at radius 3 is 2.10 bits per heavy atom. The fourth-order valence-electron chi connectivity index (χ4n) is 2.94. The van der Waals surface area contributed by atoms with Gasteiger partial charge in [-0.05, 0) is 59.3 Å². The second kappa shape index (κ2) is 6.31. The third-order valence-electron chi connectivity index (χ3n) is 4.03. The molecule has 0 aromatic heterocycles. The van der Waals surface area contributed by atoms with Crippen molar-refractivity contribution in [2.75, 3.05) is 0 Å². The largest absolute Gasteiger partial charge is 0.444 e. The first kappa shape index (κ1) is 15.6. The summed E-state index contributed by atoms with van der Waals surface area (Å²) >= 11 is 0. The van der Waals surface area contributed by atoms with E-state index in [1.54, 1.807) is 0 Å². The molecular formula is C15H28N2O3. The fraction of sp³-hybridized carbons (Fsp3) is 0.933. The zero-order valence-corrected chi connectivity index (χ0v) is 12.8. The molecule has 0 bridgehead atoms. The second-order valence-electron chi connectivity index (χ2n) is 7.18. The van der Waals surface area contributed by atoms with Gasteiger partial charge in [-0.3, -0.25) is 0 Å². The van der Waals surface area contributed by atoms with E-state index in [0.29, 0.717) is 12.1 Å². The van der Waals surface area contributed by atoms with Crippen LogP contribution in [0.3, 0.4) is 0 Å². The molecule has 2 rings (SSSR count). The summed E-state index contributed by atoms with van der Waals surface area (Å²) in [5.74, 6) is 0. The lowest BCUT2D eigenvalue weighted by Crippen LogP contribution is -2.51. The van der Waals surface area contributed by atoms with Crippen LogP contribution < -0.4 is 10.6 Å². The van der Waals surface area contributed by atoms with Gasteiger partial charge >= 0.3 is 6.09 Å². The predicted octanol–water partition coefficient (Wildman–Crippen LogP) is 1.94. The Morgan fingerprint density at radius 2 is 1.60 bits per heavy atom. The van der Waals surface area contributed by atoms with Gasteiger partial charge in [0, 0.05) is 18.1 Å². The highest BCUT2D eigenvalue weighted by Crippen LogP contribution is 2.24. The second-order valence-corrected chi connectivity index (χ2v) is 7.18. The van der Waals surface area contributed by atoms with Crippen molar-refractivity contribution < 1.29 is 14.6 Å². The molecule has 20 heavy (non-hydrogen) atoms. The van der Waals surface area contributed by atoms with E-state index in [0.717, 1.165) is 38.5 Å². The lowest BCUT2D eigenvalue weighted by atomic mass is 9.85. The van der Waals surface area contributed by atoms with Gasteiger partial charge in [0.05, 0.1) is 6.10 Å². The van der Waals surface area contributed by atoms with Crippen LogP contribution in [0.25, 0.3) is 0 Å². The Bertz CT molecular complexity index is 327. The van der Waals surface area contributed by atoms with Crippen molar-refractivity contribution in [3.05, 3.63) is 0 Å². The van der Waals surface area contributed by atoms with Crippen LogP contribution in [0.5, 0.6) is 0 Å². The molecule has 0 radical (unpaired) electrons. The molecule has 1 amide bonds. The van der Waals surface area contributed by atoms with Crippen LogP contribution in [0.15, 0.2) is 0 Å². The SMILES string of the molecule is CC(C)(C)OC(=O)NC1CCC(NC2CC(O)C2)CC1. The number of carbonyl (C=O) groups excluding carboxylic acids is 1. The number of carbonyl (C=O) groups is 1. The van der Waals surface area contributed by atoms with E-state index in [2.05, 4.69) is 10.6 Å². The molecule has 3 N–H and O–H groups in total. The van der Waals surface area contributed by atoms with Gasteiger partial charge in [-0.25, -0.2) is 4.79 Å². The van der Waals surface area contributed by atoms with Crippen molar-refractivity contribution in [1.29, 1.82) is 0 Å². The molecule has 0 aromatic carbocycles. The van der Waals surface area contributed by atoms with Crippen molar-refractivity contribution in [2.45, 2.75) is 89.1 Å². The molecule has 2 aliphatic carbocycles. The van der Waals surface area contributed by atoms with E-state index in [1.807, 2.05) is 20.8 Å². The van der Waals surface area contributed by atoms with Gasteiger partial charge in [0.1, 0.15) is 5.60 Å². The monoisotopic (exact) mass is 284 g/mol. The first-order chi connectivity index (χ1) is 9.32. The van der Waals surface area contributed by atoms with Gasteiger partial charge in [-0.2, -0.15) is 0 Å². The number of hydrogen-bond donors (Lipinski definition) is 3. The van der Waals surface area contributed by atoms with E-state index in [4.69, 9.17) is 4.74 Å². The zero-order valence-electron chi connectivity index (χ0n) is 12.8. The van der Waals surface area contributed by atoms with Crippen molar-refractivity contribution in [2.24, 2.45) is 0 Å². The van der Waals surface area contributed by atoms with Gasteiger partial charge in [0.2, 0.25) is 0 Å². The fourth-order valence-corrected chi connectivity index (χ4v) is 2.94. The van der Waals surface area contributed by atoms with Gasteiger partial charge in [0.15, 0.2) is 0 Å². The Labute approximate surface area is 121 Å². The van der Waals surface area contributed by atoms with E-state index < -0.39 is 5.60 Å². The molecular weight excluding hydrogens is 256 g/mol. The smallest absolute Gasteiger partial charge is 0.407 e. The van der Waals surface area contributed by atoms with Crippen LogP contribution in [-0.4, -0.2) is 41.0 Å². The minimum absolute atomic E-state index is 0.0994. The van der Waals surface area contributed by atoms with Crippen LogP contribution in [0.4, 0.5) is 4.79 Å². The van der Waals surface area contributed by atoms with Crippen molar-refractivity contribution >= 4 is 6.09 Å². The van der Waals surface area contributed by atoms with E-state index >= 15 is 0 Å². The van der Waals surface area contributed by atoms with E-state index in [-0.39, 0.29) is 18.2 Å². The Balaban J connectivity index is 1.63. The lowest BCUT2D eigenvalue weighted by Gasteiger charge is -2.38. The molecule has 0 aromatic rings. The number of rotatable bonds is 3. The maximum atomic E-state index is 11.7. The Morgan fingerprint density at radius 1 is 1.05 bits per heavy atom. The topological polar surface area (TPSA) is 70.6 Å². The lowest BCUT2D eigenvalue weighted by molar-refractivity contribution is 0.0459. The number of ether oxygens (including phenoxy) is 1. The number of hydrogen-bond acceptors (Lipinski definition) is 4. The third kappa shape index (κ3) is 4.94. The molecule has 2 saturated carbocycles. The first-order valence-corrected chi connectivity index (χ1v) is 7.75. The van der Waals surface area contributed by atoms with Crippen molar-refractivity contribution in [1.82, 2.24) is 10.6 Å². The minimum atomic E-state index is -0.437. The average Bonchev–Trinajstić information content (AvgIpc) is 2.27. The summed E-state index contributed by atoms with van der Waals surface area (Å²) in [5, 5.41) is 15.8. The highest BCUT2D eigenvalue weighted by atomic mass is 16.6. The number of aliphatic hydroxyl groups is 1. The van der Waals surface area contributed by atoms with Crippen LogP contribution in [-0.2, 0) is 4.74 Å². The first-order valence-electron chi connectivity index (χ1n) is 7.75. The molecule has 0 aliphatic heterocycles. The quantitative estimate of drug-likeness (QED) is 0.740. The normalized spacial score (nSPS) is 34.2. The third-order valence-corrected chi connectivity index (χ3v) is 4.03. The van der Waals surface area contributed by atoms with E-state index in [9.17, 15) is 9.90 Å². The predicted molar refractivity (Wildman–Crippen MR) is 77.6 cm³/mol. The maximum absolute atomic E-state index is 11.7. The average molecular weight is 284 g/mol. The molecule has 0 saturated heterocycles. The standard InChI is InChI=1S/C15H28N2O3/c1-15(2,3)20-14(19)17-11-6-4-10(5-7-11)16-12-8-13(18)9-12/h10-13,16,18H,4-9H2,1-3H3,(H,17,19). The summed E-state index contributed by atoms with van der Waals surface area (Å²) in [7, 11) is 0. The Hall–Kier alpha value is -0.810. The van der Waals surface area contributed by atoms with Crippen LogP contribution >= 0.6 is 0 Å². The minimum Gasteiger partial charge on any atom is -0.444 e. The molecule has 5 nitrogen and oxygen atoms in total. The molecule has 116 valence electrons. The van der Waals surface area contributed by atoms with Crippen LogP contribution in [0.1, 0.15) is 59.3 Å². The molecule has 0 unspecified atom stereocenters. The Kier molecular flexibility index (Phi) is 4.91. The summed E-state index contributed by atoms with van der Waals surface area (Å²) in [6.07, 6.45) is 5.50. The summed E-state index contributed by atoms with van der Waals surface area (Å²) in [6.45, 7) is 5.63. The summed E-state index contributed by atoms with van der Waals surface area (Å²) in [4.78, 5) is 11.7. The summed E-state index contributed by atoms with van der Waals surface area (Å²) in [5.41, 5.74) is -0.437. The van der Waals surface area contributed by atoms with Gasteiger partial charge in [-0.1, -0.05) is 0 Å². The number of amides is 1. The number of nitrogens with one attached hydrogen (secondary N) is 2. The van der Waals surface area contributed by atoms with E-state index in [1.165, 1.54) is 0 Å². The van der Waals surface area contributed by atoms with Crippen LogP contribution in [0.2, 0.25) is 0 Å². The zero-order chi connectivity index (χ0) is 14.8. The van der Waals surface area contributed by atoms with Crippen molar-refractivity contribution in [3.63, 3.8) is 0 Å². The molecule has 5 heteroatoms. The number of alkyl carbamates (subject to hydrolysis) is 1. The highest BCUT2D eigenvalue weighted by molar-refractivity contribution is 5.68. The maximum Gasteiger partial charge on any atom is 0.407 e. The highest BCUT2D eigenvalue weighted by Gasteiger charge is 2.31. The van der Waals surface area contributed by atoms with Gasteiger partial charge < -0.3 is 20.5 Å². The molecule has 0 spiro atoms. The molecule has 2 fully saturated rings. The molecule has 0 heterocycles. The van der Waals surface area contributed by atoms with Crippen molar-refractivity contribution in [3.8, 4) is 0 Å². The summed E-state index contributed by atoms with van der Waals surface area (Å²) in [6, 6.07) is 1.25. The summed E-state index contributed by atoms with van der Waals surface area (Å²) < 4.78 is 5.28. The van der Waals surface area contributed by atoms with Crippen LogP contribution in [0, 0.1) is 0 Å². The molecule has 2 aliphatic rings. The molecule has 0 atom stereocenters.